The first kappa shape index (κ1) is 15.0. The molecular formula is C17H21N3O. The number of nitrogens with zero attached hydrogens (tertiary/aromatic N) is 2. The van der Waals surface area contributed by atoms with Crippen molar-refractivity contribution in [1.82, 2.24) is 9.88 Å². The van der Waals surface area contributed by atoms with E-state index in [1.807, 2.05) is 31.2 Å². The molecule has 0 atom stereocenters. The predicted octanol–water partition coefficient (Wildman–Crippen LogP) is 3.09. The molecular weight excluding hydrogens is 262 g/mol. The van der Waals surface area contributed by atoms with Crippen molar-refractivity contribution in [3.8, 4) is 0 Å². The van der Waals surface area contributed by atoms with Crippen molar-refractivity contribution in [2.45, 2.75) is 20.4 Å². The summed E-state index contributed by atoms with van der Waals surface area (Å²) in [5.41, 5.74) is 3.72. The van der Waals surface area contributed by atoms with Gasteiger partial charge in [-0.3, -0.25) is 9.78 Å². The molecule has 0 saturated heterocycles. The van der Waals surface area contributed by atoms with Gasteiger partial charge in [-0.15, -0.1) is 0 Å². The first-order valence-electron chi connectivity index (χ1n) is 7.11. The fraction of sp³-hybridized carbons (Fsp3) is 0.294. The Labute approximate surface area is 125 Å². The molecule has 2 aromatic rings. The Morgan fingerprint density at radius 1 is 1.29 bits per heavy atom. The lowest BCUT2D eigenvalue weighted by molar-refractivity contribution is 0.0779. The SMILES string of the molecule is CCNc1ccnc(C(=O)N(C)Cc2ccccc2C)c1. The second-order valence-corrected chi connectivity index (χ2v) is 5.05. The second-order valence-electron chi connectivity index (χ2n) is 5.05. The molecule has 1 aromatic carbocycles. The van der Waals surface area contributed by atoms with Crippen LogP contribution in [0, 0.1) is 6.92 Å². The van der Waals surface area contributed by atoms with E-state index in [9.17, 15) is 4.79 Å². The largest absolute Gasteiger partial charge is 0.385 e. The normalized spacial score (nSPS) is 10.2. The van der Waals surface area contributed by atoms with E-state index in [1.165, 1.54) is 5.56 Å². The lowest BCUT2D eigenvalue weighted by Gasteiger charge is -2.18. The molecule has 0 spiro atoms. The summed E-state index contributed by atoms with van der Waals surface area (Å²) in [6.45, 7) is 5.47. The van der Waals surface area contributed by atoms with Crippen molar-refractivity contribution >= 4 is 11.6 Å². The predicted molar refractivity (Wildman–Crippen MR) is 85.4 cm³/mol. The Hall–Kier alpha value is -2.36. The zero-order valence-corrected chi connectivity index (χ0v) is 12.8. The molecule has 1 heterocycles. The van der Waals surface area contributed by atoms with Crippen LogP contribution in [0.4, 0.5) is 5.69 Å². The maximum Gasteiger partial charge on any atom is 0.272 e. The Morgan fingerprint density at radius 3 is 2.76 bits per heavy atom. The minimum absolute atomic E-state index is 0.0713. The highest BCUT2D eigenvalue weighted by Gasteiger charge is 2.14. The van der Waals surface area contributed by atoms with Gasteiger partial charge in [0.05, 0.1) is 0 Å². The molecule has 110 valence electrons. The van der Waals surface area contributed by atoms with Crippen LogP contribution < -0.4 is 5.32 Å². The summed E-state index contributed by atoms with van der Waals surface area (Å²) in [5.74, 6) is -0.0713. The highest BCUT2D eigenvalue weighted by Crippen LogP contribution is 2.13. The molecule has 0 radical (unpaired) electrons. The second kappa shape index (κ2) is 6.88. The number of benzene rings is 1. The third-order valence-corrected chi connectivity index (χ3v) is 3.38. The number of hydrogen-bond donors (Lipinski definition) is 1. The standard InChI is InChI=1S/C17H21N3O/c1-4-18-15-9-10-19-16(11-15)17(21)20(3)12-14-8-6-5-7-13(14)2/h5-11H,4,12H2,1-3H3,(H,18,19). The average molecular weight is 283 g/mol. The van der Waals surface area contributed by atoms with Gasteiger partial charge >= 0.3 is 0 Å². The molecule has 1 N–H and O–H groups in total. The molecule has 0 aliphatic rings. The van der Waals surface area contributed by atoms with Crippen LogP contribution in [0.3, 0.4) is 0 Å². The first-order valence-corrected chi connectivity index (χ1v) is 7.11. The van der Waals surface area contributed by atoms with Gasteiger partial charge in [0.1, 0.15) is 5.69 Å². The summed E-state index contributed by atoms with van der Waals surface area (Å²) in [7, 11) is 1.80. The van der Waals surface area contributed by atoms with Crippen LogP contribution in [0.1, 0.15) is 28.5 Å². The van der Waals surface area contributed by atoms with E-state index in [1.54, 1.807) is 24.2 Å². The Balaban J connectivity index is 2.12. The zero-order chi connectivity index (χ0) is 15.2. The van der Waals surface area contributed by atoms with Crippen molar-refractivity contribution in [3.63, 3.8) is 0 Å². The lowest BCUT2D eigenvalue weighted by atomic mass is 10.1. The Kier molecular flexibility index (Phi) is 4.93. The maximum atomic E-state index is 12.5. The topological polar surface area (TPSA) is 45.2 Å². The molecule has 0 saturated carbocycles. The molecule has 4 heteroatoms. The number of aromatic nitrogens is 1. The maximum absolute atomic E-state index is 12.5. The quantitative estimate of drug-likeness (QED) is 0.917. The van der Waals surface area contributed by atoms with Crippen LogP contribution in [0.2, 0.25) is 0 Å². The van der Waals surface area contributed by atoms with Gasteiger partial charge < -0.3 is 10.2 Å². The van der Waals surface area contributed by atoms with E-state index in [2.05, 4.69) is 23.3 Å². The first-order chi connectivity index (χ1) is 10.1. The number of hydrogen-bond acceptors (Lipinski definition) is 3. The van der Waals surface area contributed by atoms with Crippen molar-refractivity contribution in [3.05, 3.63) is 59.4 Å². The summed E-state index contributed by atoms with van der Waals surface area (Å²) >= 11 is 0. The summed E-state index contributed by atoms with van der Waals surface area (Å²) in [5, 5.41) is 3.19. The van der Waals surface area contributed by atoms with Crippen molar-refractivity contribution in [2.75, 3.05) is 18.9 Å². The molecule has 0 fully saturated rings. The van der Waals surface area contributed by atoms with Crippen LogP contribution in [-0.4, -0.2) is 29.4 Å². The molecule has 0 aliphatic heterocycles. The number of anilines is 1. The molecule has 0 bridgehead atoms. The van der Waals surface area contributed by atoms with E-state index in [0.717, 1.165) is 17.8 Å². The molecule has 0 unspecified atom stereocenters. The van der Waals surface area contributed by atoms with Crippen molar-refractivity contribution < 1.29 is 4.79 Å². The fourth-order valence-corrected chi connectivity index (χ4v) is 2.17. The third kappa shape index (κ3) is 3.81. The fourth-order valence-electron chi connectivity index (χ4n) is 2.17. The van der Waals surface area contributed by atoms with Crippen LogP contribution in [0.25, 0.3) is 0 Å². The monoisotopic (exact) mass is 283 g/mol. The number of nitrogens with one attached hydrogen (secondary N) is 1. The van der Waals surface area contributed by atoms with Crippen molar-refractivity contribution in [1.29, 1.82) is 0 Å². The Bertz CT molecular complexity index is 625. The minimum atomic E-state index is -0.0713. The van der Waals surface area contributed by atoms with Crippen LogP contribution in [0.15, 0.2) is 42.6 Å². The van der Waals surface area contributed by atoms with Crippen LogP contribution >= 0.6 is 0 Å². The molecule has 2 rings (SSSR count). The van der Waals surface area contributed by atoms with E-state index in [0.29, 0.717) is 12.2 Å². The molecule has 21 heavy (non-hydrogen) atoms. The minimum Gasteiger partial charge on any atom is -0.385 e. The third-order valence-electron chi connectivity index (χ3n) is 3.38. The smallest absolute Gasteiger partial charge is 0.272 e. The van der Waals surface area contributed by atoms with Gasteiger partial charge in [-0.2, -0.15) is 0 Å². The highest BCUT2D eigenvalue weighted by atomic mass is 16.2. The number of rotatable bonds is 5. The van der Waals surface area contributed by atoms with Crippen LogP contribution in [0.5, 0.6) is 0 Å². The van der Waals surface area contributed by atoms with E-state index in [-0.39, 0.29) is 5.91 Å². The van der Waals surface area contributed by atoms with E-state index >= 15 is 0 Å². The van der Waals surface area contributed by atoms with Crippen LogP contribution in [-0.2, 0) is 6.54 Å². The number of amides is 1. The summed E-state index contributed by atoms with van der Waals surface area (Å²) in [6, 6.07) is 11.7. The van der Waals surface area contributed by atoms with Gasteiger partial charge in [0.2, 0.25) is 0 Å². The molecule has 1 amide bonds. The van der Waals surface area contributed by atoms with Crippen molar-refractivity contribution in [2.24, 2.45) is 0 Å². The number of aryl methyl sites for hydroxylation is 1. The van der Waals surface area contributed by atoms with Gasteiger partial charge in [-0.05, 0) is 37.1 Å². The number of carbonyl (C=O) groups is 1. The summed E-state index contributed by atoms with van der Waals surface area (Å²) < 4.78 is 0. The van der Waals surface area contributed by atoms with E-state index < -0.39 is 0 Å². The number of pyridine rings is 1. The van der Waals surface area contributed by atoms with E-state index in [4.69, 9.17) is 0 Å². The van der Waals surface area contributed by atoms with Gasteiger partial charge in [-0.25, -0.2) is 0 Å². The summed E-state index contributed by atoms with van der Waals surface area (Å²) in [6.07, 6.45) is 1.66. The zero-order valence-electron chi connectivity index (χ0n) is 12.8. The lowest BCUT2D eigenvalue weighted by Crippen LogP contribution is -2.27. The highest BCUT2D eigenvalue weighted by molar-refractivity contribution is 5.92. The molecule has 0 aliphatic carbocycles. The van der Waals surface area contributed by atoms with Gasteiger partial charge in [0.25, 0.3) is 5.91 Å². The summed E-state index contributed by atoms with van der Waals surface area (Å²) in [4.78, 5) is 18.3. The van der Waals surface area contributed by atoms with Gasteiger partial charge in [0, 0.05) is 32.0 Å². The Morgan fingerprint density at radius 2 is 2.05 bits per heavy atom. The average Bonchev–Trinajstić information content (AvgIpc) is 2.49. The van der Waals surface area contributed by atoms with Gasteiger partial charge in [0.15, 0.2) is 0 Å². The number of carbonyl (C=O) groups excluding carboxylic acids is 1. The van der Waals surface area contributed by atoms with Gasteiger partial charge in [-0.1, -0.05) is 24.3 Å². The molecule has 4 nitrogen and oxygen atoms in total. The molecule has 1 aromatic heterocycles.